The Labute approximate surface area is 206 Å². The predicted molar refractivity (Wildman–Crippen MR) is 140 cm³/mol. The van der Waals surface area contributed by atoms with Crippen LogP contribution in [0, 0.1) is 12.8 Å². The minimum absolute atomic E-state index is 0. The minimum Gasteiger partial charge on any atom is -0.147 e. The van der Waals surface area contributed by atoms with E-state index in [1.54, 1.807) is 3.88 Å². The SMILES string of the molecule is CC1=C(C)C(C)[C]([Ti]([O]c2cc(C)cc(C(C)(C)C)c2[SiH](C)C)=[C](C)C)=C1C.Cl.Cl. The van der Waals surface area contributed by atoms with Gasteiger partial charge in [-0.05, 0) is 0 Å². The Morgan fingerprint density at radius 1 is 0.967 bits per heavy atom. The molecule has 0 saturated heterocycles. The zero-order chi connectivity index (χ0) is 21.5. The molecule has 170 valence electrons. The van der Waals surface area contributed by atoms with E-state index >= 15 is 0 Å². The fraction of sp³-hybridized carbons (Fsp3) is 0.560. The molecule has 30 heavy (non-hydrogen) atoms. The van der Waals surface area contributed by atoms with E-state index in [0.29, 0.717) is 5.92 Å². The first-order valence-electron chi connectivity index (χ1n) is 10.7. The summed E-state index contributed by atoms with van der Waals surface area (Å²) >= 11 is -2.01. The molecule has 0 N–H and O–H groups in total. The maximum Gasteiger partial charge on any atom is -0.147 e. The van der Waals surface area contributed by atoms with E-state index in [9.17, 15) is 0 Å². The third-order valence-electron chi connectivity index (χ3n) is 6.22. The van der Waals surface area contributed by atoms with E-state index in [2.05, 4.69) is 94.5 Å². The smallest absolute Gasteiger partial charge is 0.147 e. The van der Waals surface area contributed by atoms with Gasteiger partial charge in [-0.2, -0.15) is 0 Å². The van der Waals surface area contributed by atoms with E-state index in [1.165, 1.54) is 42.6 Å². The third-order valence-corrected chi connectivity index (χ3v) is 12.1. The minimum atomic E-state index is -2.01. The van der Waals surface area contributed by atoms with E-state index in [0.717, 1.165) is 0 Å². The summed E-state index contributed by atoms with van der Waals surface area (Å²) in [4.78, 5) is 0. The van der Waals surface area contributed by atoms with E-state index < -0.39 is 26.6 Å². The average Bonchev–Trinajstić information content (AvgIpc) is 2.74. The first kappa shape index (κ1) is 29.9. The summed E-state index contributed by atoms with van der Waals surface area (Å²) in [5.41, 5.74) is 7.46. The van der Waals surface area contributed by atoms with Crippen molar-refractivity contribution in [2.45, 2.75) is 87.7 Å². The Kier molecular flexibility index (Phi) is 11.1. The first-order chi connectivity index (χ1) is 12.8. The molecule has 0 spiro atoms. The second-order valence-electron chi connectivity index (χ2n) is 10.1. The average molecular weight is 505 g/mol. The maximum atomic E-state index is 7.09. The first-order valence-corrected chi connectivity index (χ1v) is 15.7. The molecule has 0 aliphatic heterocycles. The van der Waals surface area contributed by atoms with Gasteiger partial charge < -0.3 is 0 Å². The van der Waals surface area contributed by atoms with Crippen molar-refractivity contribution in [3.8, 4) is 5.75 Å². The van der Waals surface area contributed by atoms with Crippen LogP contribution < -0.4 is 8.51 Å². The molecule has 1 unspecified atom stereocenters. The van der Waals surface area contributed by atoms with Gasteiger partial charge in [0.05, 0.1) is 0 Å². The zero-order valence-electron chi connectivity index (χ0n) is 21.0. The molecule has 1 atom stereocenters. The van der Waals surface area contributed by atoms with Gasteiger partial charge in [-0.1, -0.05) is 0 Å². The number of hydrogen-bond donors (Lipinski definition) is 0. The summed E-state index contributed by atoms with van der Waals surface area (Å²) in [5.74, 6) is 1.72. The molecule has 0 bridgehead atoms. The zero-order valence-corrected chi connectivity index (χ0v) is 25.4. The van der Waals surface area contributed by atoms with Crippen LogP contribution in [0.2, 0.25) is 13.1 Å². The maximum absolute atomic E-state index is 7.09. The molecule has 0 amide bonds. The van der Waals surface area contributed by atoms with Crippen molar-refractivity contribution in [1.82, 2.24) is 0 Å². The molecule has 2 rings (SSSR count). The fourth-order valence-corrected chi connectivity index (χ4v) is 10.1. The van der Waals surface area contributed by atoms with Crippen LogP contribution in [0.5, 0.6) is 5.75 Å². The Hall–Kier alpha value is -0.119. The molecule has 0 saturated carbocycles. The number of rotatable bonds is 4. The van der Waals surface area contributed by atoms with Gasteiger partial charge in [0.2, 0.25) is 0 Å². The second-order valence-corrected chi connectivity index (χ2v) is 16.8. The van der Waals surface area contributed by atoms with Crippen molar-refractivity contribution in [1.29, 1.82) is 0 Å². The van der Waals surface area contributed by atoms with Crippen LogP contribution in [0.1, 0.15) is 73.4 Å². The van der Waals surface area contributed by atoms with Crippen molar-refractivity contribution >= 4 is 42.6 Å². The Balaban J connectivity index is 0.00000420. The number of aryl methyl sites for hydroxylation is 1. The molecule has 1 aliphatic carbocycles. The van der Waals surface area contributed by atoms with E-state index in [4.69, 9.17) is 3.32 Å². The molecule has 0 aromatic heterocycles. The second kappa shape index (κ2) is 11.1. The number of benzene rings is 1. The van der Waals surface area contributed by atoms with Gasteiger partial charge in [-0.15, -0.1) is 24.8 Å². The summed E-state index contributed by atoms with van der Waals surface area (Å²) in [7, 11) is -1.04. The molecule has 0 heterocycles. The van der Waals surface area contributed by atoms with Crippen molar-refractivity contribution in [3.05, 3.63) is 43.9 Å². The topological polar surface area (TPSA) is 9.23 Å². The standard InChI is InChI=1S/C13H22OSi.C9H13.C3H6.2ClH.Ti/c1-9-7-10(13(2,3)4)12(15(5)6)11(14)8-9;1-6-5-7(2)9(4)8(6)3;1-3-2;;;/h7-8,14-15H,1-6H3;6H,1-4H3;1-2H3;2*1H;/q;;;;;+1/p-1. The molecule has 5 heteroatoms. The fourth-order valence-electron chi connectivity index (χ4n) is 4.33. The number of allylic oxidation sites excluding steroid dienone is 4. The van der Waals surface area contributed by atoms with E-state index in [-0.39, 0.29) is 30.2 Å². The monoisotopic (exact) mass is 504 g/mol. The Morgan fingerprint density at radius 3 is 1.87 bits per heavy atom. The van der Waals surface area contributed by atoms with Gasteiger partial charge in [-0.3, -0.25) is 0 Å². The summed E-state index contributed by atoms with van der Waals surface area (Å²) < 4.78 is 10.2. The molecular formula is C25H42Cl2OSiTi. The van der Waals surface area contributed by atoms with Crippen molar-refractivity contribution in [2.24, 2.45) is 5.92 Å². The van der Waals surface area contributed by atoms with Gasteiger partial charge in [0.1, 0.15) is 0 Å². The van der Waals surface area contributed by atoms with Gasteiger partial charge in [0.25, 0.3) is 0 Å². The number of hydrogen-bond acceptors (Lipinski definition) is 1. The van der Waals surface area contributed by atoms with Crippen LogP contribution in [0.15, 0.2) is 32.7 Å². The van der Waals surface area contributed by atoms with Crippen molar-refractivity contribution < 1.29 is 21.1 Å². The molecule has 0 fully saturated rings. The van der Waals surface area contributed by atoms with Crippen LogP contribution in [0.4, 0.5) is 0 Å². The third kappa shape index (κ3) is 6.01. The van der Waals surface area contributed by atoms with E-state index in [1.807, 2.05) is 0 Å². The van der Waals surface area contributed by atoms with Crippen LogP contribution in [-0.2, 0) is 23.2 Å². The predicted octanol–water partition coefficient (Wildman–Crippen LogP) is 7.21. The largest absolute Gasteiger partial charge is 0.147 e. The molecular weight excluding hydrogens is 463 g/mol. The van der Waals surface area contributed by atoms with Crippen molar-refractivity contribution in [3.63, 3.8) is 0 Å². The van der Waals surface area contributed by atoms with Crippen LogP contribution in [0.3, 0.4) is 0 Å². The van der Waals surface area contributed by atoms with Gasteiger partial charge in [0, 0.05) is 0 Å². The molecule has 0 radical (unpaired) electrons. The van der Waals surface area contributed by atoms with Crippen LogP contribution in [-0.4, -0.2) is 12.6 Å². The van der Waals surface area contributed by atoms with Gasteiger partial charge in [0.15, 0.2) is 0 Å². The molecule has 1 aliphatic rings. The Morgan fingerprint density at radius 2 is 1.50 bits per heavy atom. The molecule has 1 aromatic carbocycles. The summed E-state index contributed by atoms with van der Waals surface area (Å²) in [5, 5.41) is 1.54. The van der Waals surface area contributed by atoms with Crippen LogP contribution >= 0.6 is 24.8 Å². The van der Waals surface area contributed by atoms with Crippen LogP contribution in [0.25, 0.3) is 0 Å². The quantitative estimate of drug-likeness (QED) is 0.393. The summed E-state index contributed by atoms with van der Waals surface area (Å²) in [6, 6.07) is 4.71. The Bertz CT molecular complexity index is 885. The number of halogens is 2. The van der Waals surface area contributed by atoms with Gasteiger partial charge >= 0.3 is 182 Å². The molecule has 1 aromatic rings. The molecule has 1 nitrogen and oxygen atoms in total. The van der Waals surface area contributed by atoms with Gasteiger partial charge in [-0.25, -0.2) is 0 Å². The van der Waals surface area contributed by atoms with Crippen molar-refractivity contribution in [2.75, 3.05) is 0 Å². The normalized spacial score (nSPS) is 16.5. The summed E-state index contributed by atoms with van der Waals surface area (Å²) in [6.45, 7) is 27.9. The summed E-state index contributed by atoms with van der Waals surface area (Å²) in [6.07, 6.45) is 0.